The summed E-state index contributed by atoms with van der Waals surface area (Å²) in [6, 6.07) is 1.86. The van der Waals surface area contributed by atoms with E-state index in [4.69, 9.17) is 10.2 Å². The van der Waals surface area contributed by atoms with Gasteiger partial charge >= 0.3 is 0 Å². The van der Waals surface area contributed by atoms with Crippen molar-refractivity contribution in [3.8, 4) is 0 Å². The van der Waals surface area contributed by atoms with Gasteiger partial charge in [0.05, 0.1) is 18.0 Å². The number of aliphatic hydroxyl groups excluding tert-OH is 2. The summed E-state index contributed by atoms with van der Waals surface area (Å²) in [5.74, 6) is 0. The zero-order valence-electron chi connectivity index (χ0n) is 7.19. The van der Waals surface area contributed by atoms with Gasteiger partial charge in [0.15, 0.2) is 0 Å². The molecular weight excluding hydrogens is 156 g/mol. The van der Waals surface area contributed by atoms with E-state index in [1.54, 1.807) is 11.7 Å². The van der Waals surface area contributed by atoms with Gasteiger partial charge in [-0.25, -0.2) is 0 Å². The van der Waals surface area contributed by atoms with E-state index in [0.717, 1.165) is 24.2 Å². The SMILES string of the molecule is Cn1nc(CCCO)cc1CO. The average Bonchev–Trinajstić information content (AvgIpc) is 2.43. The summed E-state index contributed by atoms with van der Waals surface area (Å²) >= 11 is 0. The molecule has 68 valence electrons. The van der Waals surface area contributed by atoms with Gasteiger partial charge in [0.2, 0.25) is 0 Å². The lowest BCUT2D eigenvalue weighted by Gasteiger charge is -1.92. The van der Waals surface area contributed by atoms with Gasteiger partial charge in [-0.15, -0.1) is 0 Å². The molecule has 1 rings (SSSR count). The summed E-state index contributed by atoms with van der Waals surface area (Å²) in [4.78, 5) is 0. The Morgan fingerprint density at radius 1 is 1.50 bits per heavy atom. The van der Waals surface area contributed by atoms with E-state index in [1.807, 2.05) is 6.07 Å². The van der Waals surface area contributed by atoms with Crippen molar-refractivity contribution in [3.05, 3.63) is 17.5 Å². The van der Waals surface area contributed by atoms with Gasteiger partial charge in [-0.2, -0.15) is 5.10 Å². The fourth-order valence-electron chi connectivity index (χ4n) is 1.10. The first-order valence-corrected chi connectivity index (χ1v) is 4.01. The fourth-order valence-corrected chi connectivity index (χ4v) is 1.10. The zero-order valence-corrected chi connectivity index (χ0v) is 7.19. The van der Waals surface area contributed by atoms with Crippen LogP contribution in [-0.2, 0) is 20.1 Å². The van der Waals surface area contributed by atoms with Crippen LogP contribution in [0.15, 0.2) is 6.07 Å². The topological polar surface area (TPSA) is 58.3 Å². The minimum atomic E-state index is 0.0165. The Morgan fingerprint density at radius 2 is 2.25 bits per heavy atom. The fraction of sp³-hybridized carbons (Fsp3) is 0.625. The summed E-state index contributed by atoms with van der Waals surface area (Å²) in [6.45, 7) is 0.202. The second-order valence-electron chi connectivity index (χ2n) is 2.74. The molecule has 0 aliphatic rings. The molecule has 0 saturated heterocycles. The lowest BCUT2D eigenvalue weighted by molar-refractivity contribution is 0.270. The first kappa shape index (κ1) is 9.22. The molecule has 0 fully saturated rings. The van der Waals surface area contributed by atoms with Gasteiger partial charge in [0.25, 0.3) is 0 Å². The van der Waals surface area contributed by atoms with Crippen LogP contribution in [0.5, 0.6) is 0 Å². The molecule has 4 heteroatoms. The summed E-state index contributed by atoms with van der Waals surface area (Å²) in [5, 5.41) is 21.6. The molecule has 0 spiro atoms. The van der Waals surface area contributed by atoms with Crippen molar-refractivity contribution in [3.63, 3.8) is 0 Å². The Hall–Kier alpha value is -0.870. The van der Waals surface area contributed by atoms with Crippen LogP contribution >= 0.6 is 0 Å². The summed E-state index contributed by atoms with van der Waals surface area (Å²) in [6.07, 6.45) is 1.49. The molecule has 1 heterocycles. The summed E-state index contributed by atoms with van der Waals surface area (Å²) in [5.41, 5.74) is 1.73. The molecule has 0 unspecified atom stereocenters. The monoisotopic (exact) mass is 170 g/mol. The molecule has 0 aromatic carbocycles. The highest BCUT2D eigenvalue weighted by Crippen LogP contribution is 2.04. The van der Waals surface area contributed by atoms with Crippen LogP contribution in [0, 0.1) is 0 Å². The third kappa shape index (κ3) is 2.06. The van der Waals surface area contributed by atoms with E-state index >= 15 is 0 Å². The van der Waals surface area contributed by atoms with Gasteiger partial charge < -0.3 is 10.2 Å². The lowest BCUT2D eigenvalue weighted by atomic mass is 10.2. The van der Waals surface area contributed by atoms with E-state index in [-0.39, 0.29) is 13.2 Å². The van der Waals surface area contributed by atoms with E-state index in [9.17, 15) is 0 Å². The normalized spacial score (nSPS) is 10.6. The maximum Gasteiger partial charge on any atom is 0.0849 e. The lowest BCUT2D eigenvalue weighted by Crippen LogP contribution is -1.97. The molecule has 12 heavy (non-hydrogen) atoms. The molecule has 0 bridgehead atoms. The molecule has 2 N–H and O–H groups in total. The van der Waals surface area contributed by atoms with Crippen molar-refractivity contribution in [2.24, 2.45) is 7.05 Å². The number of aliphatic hydroxyl groups is 2. The molecule has 1 aromatic rings. The maximum absolute atomic E-state index is 8.85. The van der Waals surface area contributed by atoms with Gasteiger partial charge in [-0.05, 0) is 18.9 Å². The number of hydrogen-bond acceptors (Lipinski definition) is 3. The Balaban J connectivity index is 2.62. The molecule has 0 radical (unpaired) electrons. The number of nitrogens with zero attached hydrogens (tertiary/aromatic N) is 2. The van der Waals surface area contributed by atoms with Crippen LogP contribution in [0.3, 0.4) is 0 Å². The first-order chi connectivity index (χ1) is 5.77. The van der Waals surface area contributed by atoms with Gasteiger partial charge in [0, 0.05) is 13.7 Å². The Bertz CT molecular complexity index is 245. The molecular formula is C8H14N2O2. The van der Waals surface area contributed by atoms with Crippen LogP contribution < -0.4 is 0 Å². The highest BCUT2D eigenvalue weighted by atomic mass is 16.3. The van der Waals surface area contributed by atoms with Crippen LogP contribution in [0.4, 0.5) is 0 Å². The summed E-state index contributed by atoms with van der Waals surface area (Å²) in [7, 11) is 1.80. The van der Waals surface area contributed by atoms with Crippen LogP contribution in [0.1, 0.15) is 17.8 Å². The van der Waals surface area contributed by atoms with Crippen molar-refractivity contribution in [1.82, 2.24) is 9.78 Å². The second-order valence-corrected chi connectivity index (χ2v) is 2.74. The van der Waals surface area contributed by atoms with Crippen molar-refractivity contribution in [1.29, 1.82) is 0 Å². The minimum Gasteiger partial charge on any atom is -0.396 e. The van der Waals surface area contributed by atoms with Crippen LogP contribution in [0.25, 0.3) is 0 Å². The Morgan fingerprint density at radius 3 is 2.75 bits per heavy atom. The number of aryl methyl sites for hydroxylation is 2. The number of rotatable bonds is 4. The molecule has 0 atom stereocenters. The van der Waals surface area contributed by atoms with Gasteiger partial charge in [0.1, 0.15) is 0 Å². The largest absolute Gasteiger partial charge is 0.396 e. The molecule has 0 saturated carbocycles. The average molecular weight is 170 g/mol. The van der Waals surface area contributed by atoms with E-state index < -0.39 is 0 Å². The smallest absolute Gasteiger partial charge is 0.0849 e. The highest BCUT2D eigenvalue weighted by Gasteiger charge is 2.02. The third-order valence-corrected chi connectivity index (χ3v) is 1.78. The van der Waals surface area contributed by atoms with E-state index in [2.05, 4.69) is 5.10 Å². The molecule has 0 aliphatic carbocycles. The highest BCUT2D eigenvalue weighted by molar-refractivity contribution is 5.09. The second kappa shape index (κ2) is 4.23. The van der Waals surface area contributed by atoms with E-state index in [1.165, 1.54) is 0 Å². The molecule has 1 aromatic heterocycles. The maximum atomic E-state index is 8.85. The quantitative estimate of drug-likeness (QED) is 0.660. The van der Waals surface area contributed by atoms with Crippen molar-refractivity contribution in [2.45, 2.75) is 19.4 Å². The van der Waals surface area contributed by atoms with Crippen molar-refractivity contribution in [2.75, 3.05) is 6.61 Å². The van der Waals surface area contributed by atoms with Crippen LogP contribution in [0.2, 0.25) is 0 Å². The molecule has 0 aliphatic heterocycles. The number of aromatic nitrogens is 2. The van der Waals surface area contributed by atoms with Gasteiger partial charge in [-0.1, -0.05) is 0 Å². The van der Waals surface area contributed by atoms with Crippen molar-refractivity contribution < 1.29 is 10.2 Å². The third-order valence-electron chi connectivity index (χ3n) is 1.78. The minimum absolute atomic E-state index is 0.0165. The van der Waals surface area contributed by atoms with E-state index in [0.29, 0.717) is 0 Å². The van der Waals surface area contributed by atoms with Crippen molar-refractivity contribution >= 4 is 0 Å². The predicted molar refractivity (Wildman–Crippen MR) is 44.5 cm³/mol. The van der Waals surface area contributed by atoms with Crippen LogP contribution in [-0.4, -0.2) is 26.6 Å². The predicted octanol–water partition coefficient (Wildman–Crippen LogP) is -0.163. The Kier molecular flexibility index (Phi) is 3.25. The zero-order chi connectivity index (χ0) is 8.97. The molecule has 0 amide bonds. The van der Waals surface area contributed by atoms with Gasteiger partial charge in [-0.3, -0.25) is 4.68 Å². The number of hydrogen-bond donors (Lipinski definition) is 2. The Labute approximate surface area is 71.5 Å². The standard InChI is InChI=1S/C8H14N2O2/c1-10-8(6-12)5-7(9-10)3-2-4-11/h5,11-12H,2-4,6H2,1H3. The molecule has 4 nitrogen and oxygen atoms in total. The summed E-state index contributed by atoms with van der Waals surface area (Å²) < 4.78 is 1.66. The first-order valence-electron chi connectivity index (χ1n) is 4.01.